The van der Waals surface area contributed by atoms with Crippen LogP contribution in [0.1, 0.15) is 6.92 Å². The van der Waals surface area contributed by atoms with Crippen LogP contribution in [0.5, 0.6) is 5.75 Å². The zero-order valence-corrected chi connectivity index (χ0v) is 11.1. The van der Waals surface area contributed by atoms with Gasteiger partial charge in [-0.1, -0.05) is 0 Å². The summed E-state index contributed by atoms with van der Waals surface area (Å²) < 4.78 is 19.3. The zero-order valence-electron chi connectivity index (χ0n) is 11.1. The molecule has 20 heavy (non-hydrogen) atoms. The lowest BCUT2D eigenvalue weighted by molar-refractivity contribution is -0.117. The van der Waals surface area contributed by atoms with E-state index < -0.39 is 5.82 Å². The van der Waals surface area contributed by atoms with Gasteiger partial charge in [0.15, 0.2) is 5.78 Å². The summed E-state index contributed by atoms with van der Waals surface area (Å²) in [5.41, 5.74) is 0.610. The number of carbonyl (C=O) groups excluding carboxylic acids is 1. The molecule has 0 fully saturated rings. The Balaban J connectivity index is 2.53. The summed E-state index contributed by atoms with van der Waals surface area (Å²) in [6.45, 7) is 1.27. The number of ketones is 1. The Bertz CT molecular complexity index is 710. The third-order valence-corrected chi connectivity index (χ3v) is 2.68. The van der Waals surface area contributed by atoms with Gasteiger partial charge in [-0.2, -0.15) is 5.10 Å². The molecule has 0 aliphatic carbocycles. The molecule has 0 saturated carbocycles. The molecule has 1 aromatic carbocycles. The maximum Gasteiger partial charge on any atom is 0.267 e. The highest BCUT2D eigenvalue weighted by Crippen LogP contribution is 2.28. The molecule has 0 bridgehead atoms. The predicted molar refractivity (Wildman–Crippen MR) is 71.1 cm³/mol. The summed E-state index contributed by atoms with van der Waals surface area (Å²) in [6.07, 6.45) is 0. The third-order valence-electron chi connectivity index (χ3n) is 2.68. The lowest BCUT2D eigenvalue weighted by atomic mass is 10.1. The lowest BCUT2D eigenvalue weighted by Gasteiger charge is -2.09. The first-order valence-electron chi connectivity index (χ1n) is 5.93. The average Bonchev–Trinajstić information content (AvgIpc) is 2.41. The molecule has 0 aliphatic heterocycles. The number of hydrogen-bond donors (Lipinski definition) is 0. The van der Waals surface area contributed by atoms with Crippen molar-refractivity contribution in [3.05, 3.63) is 46.5 Å². The summed E-state index contributed by atoms with van der Waals surface area (Å²) >= 11 is 0. The SMILES string of the molecule is COc1cc(F)ccc1-c1ccc(=O)n(CC(C)=O)n1. The maximum absolute atomic E-state index is 13.2. The number of ether oxygens (including phenoxy) is 1. The molecule has 1 heterocycles. The Labute approximate surface area is 114 Å². The number of carbonyl (C=O) groups is 1. The number of Topliss-reactive ketones (excluding diaryl/α,β-unsaturated/α-hetero) is 1. The van der Waals surface area contributed by atoms with Gasteiger partial charge in [0.05, 0.1) is 12.8 Å². The summed E-state index contributed by atoms with van der Waals surface area (Å²) in [5.74, 6) is -0.295. The van der Waals surface area contributed by atoms with Crippen LogP contribution in [0.4, 0.5) is 4.39 Å². The molecule has 0 unspecified atom stereocenters. The molecule has 0 aliphatic rings. The molecule has 5 nitrogen and oxygen atoms in total. The number of rotatable bonds is 4. The second-order valence-corrected chi connectivity index (χ2v) is 4.26. The first-order valence-corrected chi connectivity index (χ1v) is 5.93. The van der Waals surface area contributed by atoms with Crippen LogP contribution in [-0.2, 0) is 11.3 Å². The van der Waals surface area contributed by atoms with Crippen LogP contribution in [0.2, 0.25) is 0 Å². The zero-order chi connectivity index (χ0) is 14.7. The summed E-state index contributed by atoms with van der Waals surface area (Å²) in [4.78, 5) is 22.7. The molecule has 0 saturated heterocycles. The van der Waals surface area contributed by atoms with Crippen molar-refractivity contribution in [2.24, 2.45) is 0 Å². The standard InChI is InChI=1S/C14H13FN2O3/c1-9(18)8-17-14(19)6-5-12(16-17)11-4-3-10(15)7-13(11)20-2/h3-7H,8H2,1-2H3. The van der Waals surface area contributed by atoms with Gasteiger partial charge in [0.25, 0.3) is 5.56 Å². The number of aromatic nitrogens is 2. The van der Waals surface area contributed by atoms with Crippen LogP contribution < -0.4 is 10.3 Å². The number of nitrogens with zero attached hydrogens (tertiary/aromatic N) is 2. The molecular weight excluding hydrogens is 263 g/mol. The molecule has 0 amide bonds. The van der Waals surface area contributed by atoms with Crippen LogP contribution in [-0.4, -0.2) is 22.7 Å². The average molecular weight is 276 g/mol. The predicted octanol–water partition coefficient (Wildman–Crippen LogP) is 1.65. The fourth-order valence-corrected chi connectivity index (χ4v) is 1.79. The van der Waals surface area contributed by atoms with Crippen LogP contribution >= 0.6 is 0 Å². The third kappa shape index (κ3) is 2.90. The van der Waals surface area contributed by atoms with Crippen LogP contribution in [0.15, 0.2) is 35.1 Å². The van der Waals surface area contributed by atoms with Crippen molar-refractivity contribution in [3.8, 4) is 17.0 Å². The highest BCUT2D eigenvalue weighted by atomic mass is 19.1. The quantitative estimate of drug-likeness (QED) is 0.851. The summed E-state index contributed by atoms with van der Waals surface area (Å²) in [7, 11) is 1.42. The van der Waals surface area contributed by atoms with E-state index in [1.807, 2.05) is 0 Å². The van der Waals surface area contributed by atoms with Gasteiger partial charge in [0.2, 0.25) is 0 Å². The van der Waals surface area contributed by atoms with Crippen molar-refractivity contribution in [2.45, 2.75) is 13.5 Å². The second kappa shape index (κ2) is 5.64. The van der Waals surface area contributed by atoms with Gasteiger partial charge < -0.3 is 4.74 Å². The van der Waals surface area contributed by atoms with Gasteiger partial charge >= 0.3 is 0 Å². The van der Waals surface area contributed by atoms with Crippen LogP contribution in [0, 0.1) is 5.82 Å². The molecule has 1 aromatic heterocycles. The van der Waals surface area contributed by atoms with E-state index in [0.717, 1.165) is 4.68 Å². The second-order valence-electron chi connectivity index (χ2n) is 4.26. The van der Waals surface area contributed by atoms with E-state index >= 15 is 0 Å². The molecule has 0 atom stereocenters. The molecule has 104 valence electrons. The highest BCUT2D eigenvalue weighted by molar-refractivity contribution is 5.75. The first-order chi connectivity index (χ1) is 9.51. The smallest absolute Gasteiger partial charge is 0.267 e. The van der Waals surface area contributed by atoms with E-state index in [-0.39, 0.29) is 17.9 Å². The summed E-state index contributed by atoms with van der Waals surface area (Å²) in [5, 5.41) is 4.10. The Hall–Kier alpha value is -2.50. The number of halogens is 1. The monoisotopic (exact) mass is 276 g/mol. The summed E-state index contributed by atoms with van der Waals surface area (Å²) in [6, 6.07) is 6.85. The number of hydrogen-bond acceptors (Lipinski definition) is 4. The molecule has 6 heteroatoms. The number of methoxy groups -OCH3 is 1. The van der Waals surface area contributed by atoms with E-state index in [1.165, 1.54) is 44.4 Å². The largest absolute Gasteiger partial charge is 0.496 e. The minimum atomic E-state index is -0.428. The Morgan fingerprint density at radius 3 is 2.75 bits per heavy atom. The van der Waals surface area contributed by atoms with E-state index in [1.54, 1.807) is 0 Å². The minimum Gasteiger partial charge on any atom is -0.496 e. The van der Waals surface area contributed by atoms with Gasteiger partial charge in [-0.05, 0) is 25.1 Å². The Morgan fingerprint density at radius 1 is 1.35 bits per heavy atom. The molecule has 2 aromatic rings. The van der Waals surface area contributed by atoms with E-state index in [4.69, 9.17) is 4.74 Å². The van der Waals surface area contributed by atoms with E-state index in [9.17, 15) is 14.0 Å². The van der Waals surface area contributed by atoms with Gasteiger partial charge in [-0.15, -0.1) is 0 Å². The Morgan fingerprint density at radius 2 is 2.10 bits per heavy atom. The molecule has 0 N–H and O–H groups in total. The fourth-order valence-electron chi connectivity index (χ4n) is 1.79. The maximum atomic E-state index is 13.2. The topological polar surface area (TPSA) is 61.2 Å². The van der Waals surface area contributed by atoms with Crippen molar-refractivity contribution in [2.75, 3.05) is 7.11 Å². The van der Waals surface area contributed by atoms with Gasteiger partial charge in [0, 0.05) is 17.7 Å². The van der Waals surface area contributed by atoms with Crippen molar-refractivity contribution < 1.29 is 13.9 Å². The van der Waals surface area contributed by atoms with Crippen molar-refractivity contribution >= 4 is 5.78 Å². The molecule has 2 rings (SSSR count). The van der Waals surface area contributed by atoms with E-state index in [0.29, 0.717) is 17.0 Å². The van der Waals surface area contributed by atoms with E-state index in [2.05, 4.69) is 5.10 Å². The molecular formula is C14H13FN2O3. The first kappa shape index (κ1) is 13.9. The van der Waals surface area contributed by atoms with Gasteiger partial charge in [-0.3, -0.25) is 9.59 Å². The molecule has 0 radical (unpaired) electrons. The highest BCUT2D eigenvalue weighted by Gasteiger charge is 2.10. The normalized spacial score (nSPS) is 10.3. The fraction of sp³-hybridized carbons (Fsp3) is 0.214. The van der Waals surface area contributed by atoms with Gasteiger partial charge in [0.1, 0.15) is 18.1 Å². The van der Waals surface area contributed by atoms with Crippen molar-refractivity contribution in [1.29, 1.82) is 0 Å². The van der Waals surface area contributed by atoms with Crippen molar-refractivity contribution in [1.82, 2.24) is 9.78 Å². The van der Waals surface area contributed by atoms with Crippen LogP contribution in [0.25, 0.3) is 11.3 Å². The number of benzene rings is 1. The molecule has 0 spiro atoms. The lowest BCUT2D eigenvalue weighted by Crippen LogP contribution is -2.25. The Kier molecular flexibility index (Phi) is 3.93. The van der Waals surface area contributed by atoms with Crippen molar-refractivity contribution in [3.63, 3.8) is 0 Å². The van der Waals surface area contributed by atoms with Gasteiger partial charge in [-0.25, -0.2) is 9.07 Å². The van der Waals surface area contributed by atoms with Crippen LogP contribution in [0.3, 0.4) is 0 Å². The minimum absolute atomic E-state index is 0.101.